The molecule has 4 nitrogen and oxygen atoms in total. The minimum absolute atomic E-state index is 0.0459. The average molecular weight is 355 g/mol. The van der Waals surface area contributed by atoms with Crippen molar-refractivity contribution >= 4 is 0 Å². The first-order chi connectivity index (χ1) is 12.7. The van der Waals surface area contributed by atoms with Crippen molar-refractivity contribution in [3.8, 4) is 0 Å². The molecule has 3 rings (SSSR count). The van der Waals surface area contributed by atoms with Gasteiger partial charge in [-0.2, -0.15) is 0 Å². The molecule has 2 N–H and O–H groups in total. The van der Waals surface area contributed by atoms with Crippen LogP contribution in [0.4, 0.5) is 0 Å². The van der Waals surface area contributed by atoms with Gasteiger partial charge in [-0.05, 0) is 30.9 Å². The maximum Gasteiger partial charge on any atom is 0.0898 e. The summed E-state index contributed by atoms with van der Waals surface area (Å²) in [6.45, 7) is 4.27. The maximum absolute atomic E-state index is 10.3. The molecule has 140 valence electrons. The van der Waals surface area contributed by atoms with Crippen LogP contribution in [0.15, 0.2) is 54.6 Å². The van der Waals surface area contributed by atoms with Gasteiger partial charge in [0.2, 0.25) is 0 Å². The van der Waals surface area contributed by atoms with Gasteiger partial charge >= 0.3 is 0 Å². The molecule has 0 radical (unpaired) electrons. The van der Waals surface area contributed by atoms with Crippen LogP contribution >= 0.6 is 0 Å². The molecule has 26 heavy (non-hydrogen) atoms. The largest absolute Gasteiger partial charge is 0.389 e. The molecule has 1 saturated heterocycles. The normalized spacial score (nSPS) is 19.4. The van der Waals surface area contributed by atoms with Gasteiger partial charge in [0.05, 0.1) is 31.5 Å². The molecule has 3 atom stereocenters. The minimum Gasteiger partial charge on any atom is -0.389 e. The summed E-state index contributed by atoms with van der Waals surface area (Å²) < 4.78 is 11.2. The van der Waals surface area contributed by atoms with E-state index in [9.17, 15) is 5.11 Å². The molecule has 1 fully saturated rings. The molecule has 1 aliphatic rings. The number of rotatable bonds is 9. The predicted octanol–water partition coefficient (Wildman–Crippen LogP) is 3.23. The fourth-order valence-electron chi connectivity index (χ4n) is 3.26. The van der Waals surface area contributed by atoms with Gasteiger partial charge in [-0.3, -0.25) is 0 Å². The monoisotopic (exact) mass is 355 g/mol. The van der Waals surface area contributed by atoms with E-state index in [2.05, 4.69) is 48.6 Å². The minimum atomic E-state index is -0.548. The Morgan fingerprint density at radius 3 is 2.54 bits per heavy atom. The number of hydrogen-bond acceptors (Lipinski definition) is 4. The van der Waals surface area contributed by atoms with Crippen LogP contribution in [-0.2, 0) is 9.47 Å². The van der Waals surface area contributed by atoms with Crippen molar-refractivity contribution in [2.45, 2.75) is 38.0 Å². The van der Waals surface area contributed by atoms with Gasteiger partial charge in [0, 0.05) is 13.2 Å². The number of nitrogens with one attached hydrogen (secondary N) is 1. The van der Waals surface area contributed by atoms with Crippen molar-refractivity contribution in [1.29, 1.82) is 0 Å². The summed E-state index contributed by atoms with van der Waals surface area (Å²) in [5.74, 6) is 0. The smallest absolute Gasteiger partial charge is 0.0898 e. The van der Waals surface area contributed by atoms with Gasteiger partial charge in [-0.15, -0.1) is 0 Å². The highest BCUT2D eigenvalue weighted by Crippen LogP contribution is 2.22. The second-order valence-corrected chi connectivity index (χ2v) is 6.99. The fraction of sp³-hybridized carbons (Fsp3) is 0.455. The van der Waals surface area contributed by atoms with Crippen molar-refractivity contribution < 1.29 is 14.6 Å². The zero-order chi connectivity index (χ0) is 18.2. The fourth-order valence-corrected chi connectivity index (χ4v) is 3.26. The first kappa shape index (κ1) is 19.1. The maximum atomic E-state index is 10.3. The SMILES string of the molecule is Cc1ccc(C(NCC(O)COCC2CCCO2)c2ccccc2)cc1. The van der Waals surface area contributed by atoms with E-state index < -0.39 is 6.10 Å². The third-order valence-corrected chi connectivity index (χ3v) is 4.74. The van der Waals surface area contributed by atoms with Crippen LogP contribution in [0.3, 0.4) is 0 Å². The van der Waals surface area contributed by atoms with E-state index >= 15 is 0 Å². The van der Waals surface area contributed by atoms with E-state index in [0.717, 1.165) is 19.4 Å². The lowest BCUT2D eigenvalue weighted by Crippen LogP contribution is -2.34. The summed E-state index contributed by atoms with van der Waals surface area (Å²) in [4.78, 5) is 0. The number of hydrogen-bond donors (Lipinski definition) is 2. The highest BCUT2D eigenvalue weighted by atomic mass is 16.5. The molecular formula is C22H29NO3. The summed E-state index contributed by atoms with van der Waals surface area (Å²) in [7, 11) is 0. The summed E-state index contributed by atoms with van der Waals surface area (Å²) in [6.07, 6.45) is 1.80. The van der Waals surface area contributed by atoms with Crippen LogP contribution in [0, 0.1) is 6.92 Å². The van der Waals surface area contributed by atoms with Gasteiger partial charge in [0.1, 0.15) is 0 Å². The van der Waals surface area contributed by atoms with Crippen LogP contribution in [0.2, 0.25) is 0 Å². The second-order valence-electron chi connectivity index (χ2n) is 6.99. The molecule has 3 unspecified atom stereocenters. The highest BCUT2D eigenvalue weighted by molar-refractivity contribution is 5.33. The summed E-state index contributed by atoms with van der Waals surface area (Å²) in [5, 5.41) is 13.8. The lowest BCUT2D eigenvalue weighted by atomic mass is 9.97. The average Bonchev–Trinajstić information content (AvgIpc) is 3.18. The van der Waals surface area contributed by atoms with Crippen molar-refractivity contribution in [2.75, 3.05) is 26.4 Å². The van der Waals surface area contributed by atoms with Crippen LogP contribution < -0.4 is 5.32 Å². The van der Waals surface area contributed by atoms with E-state index in [4.69, 9.17) is 9.47 Å². The zero-order valence-corrected chi connectivity index (χ0v) is 15.4. The van der Waals surface area contributed by atoms with Crippen LogP contribution in [0.5, 0.6) is 0 Å². The van der Waals surface area contributed by atoms with Gasteiger partial charge in [-0.25, -0.2) is 0 Å². The molecule has 2 aromatic carbocycles. The first-order valence-electron chi connectivity index (χ1n) is 9.44. The van der Waals surface area contributed by atoms with Crippen molar-refractivity contribution in [2.24, 2.45) is 0 Å². The number of aliphatic hydroxyl groups excluding tert-OH is 1. The molecule has 1 heterocycles. The third-order valence-electron chi connectivity index (χ3n) is 4.74. The molecule has 2 aromatic rings. The Balaban J connectivity index is 1.54. The predicted molar refractivity (Wildman–Crippen MR) is 103 cm³/mol. The number of ether oxygens (including phenoxy) is 2. The lowest BCUT2D eigenvalue weighted by molar-refractivity contribution is -0.0167. The molecule has 0 spiro atoms. The van der Waals surface area contributed by atoms with Crippen molar-refractivity contribution in [3.05, 3.63) is 71.3 Å². The van der Waals surface area contributed by atoms with Gasteiger partial charge in [0.15, 0.2) is 0 Å². The molecule has 0 bridgehead atoms. The molecule has 0 amide bonds. The van der Waals surface area contributed by atoms with Gasteiger partial charge in [0.25, 0.3) is 0 Å². The van der Waals surface area contributed by atoms with E-state index in [-0.39, 0.29) is 12.1 Å². The zero-order valence-electron chi connectivity index (χ0n) is 15.4. The second kappa shape index (κ2) is 9.83. The topological polar surface area (TPSA) is 50.7 Å². The Labute approximate surface area is 156 Å². The van der Waals surface area contributed by atoms with Crippen LogP contribution in [-0.4, -0.2) is 43.7 Å². The molecule has 4 heteroatoms. The quantitative estimate of drug-likeness (QED) is 0.725. The lowest BCUT2D eigenvalue weighted by Gasteiger charge is -2.22. The van der Waals surface area contributed by atoms with Gasteiger partial charge < -0.3 is 19.9 Å². The Bertz CT molecular complexity index is 638. The van der Waals surface area contributed by atoms with E-state index in [0.29, 0.717) is 19.8 Å². The Kier molecular flexibility index (Phi) is 7.21. The van der Waals surface area contributed by atoms with Crippen molar-refractivity contribution in [1.82, 2.24) is 5.32 Å². The molecular weight excluding hydrogens is 326 g/mol. The number of aryl methyl sites for hydroxylation is 1. The van der Waals surface area contributed by atoms with Gasteiger partial charge in [-0.1, -0.05) is 60.2 Å². The number of benzene rings is 2. The Morgan fingerprint density at radius 2 is 1.85 bits per heavy atom. The summed E-state index contributed by atoms with van der Waals surface area (Å²) in [6, 6.07) is 18.9. The van der Waals surface area contributed by atoms with E-state index in [1.807, 2.05) is 18.2 Å². The van der Waals surface area contributed by atoms with E-state index in [1.54, 1.807) is 0 Å². The standard InChI is InChI=1S/C22H29NO3/c1-17-9-11-19(12-10-17)22(18-6-3-2-4-7-18)23-14-20(24)15-25-16-21-8-5-13-26-21/h2-4,6-7,9-12,20-24H,5,8,13-16H2,1H3. The molecule has 1 aliphatic heterocycles. The molecule has 0 saturated carbocycles. The van der Waals surface area contributed by atoms with Crippen LogP contribution in [0.25, 0.3) is 0 Å². The molecule has 0 aliphatic carbocycles. The number of aliphatic hydroxyl groups is 1. The highest BCUT2D eigenvalue weighted by Gasteiger charge is 2.18. The Morgan fingerprint density at radius 1 is 1.12 bits per heavy atom. The Hall–Kier alpha value is -1.72. The summed E-state index contributed by atoms with van der Waals surface area (Å²) >= 11 is 0. The van der Waals surface area contributed by atoms with Crippen molar-refractivity contribution in [3.63, 3.8) is 0 Å². The summed E-state index contributed by atoms with van der Waals surface area (Å²) in [5.41, 5.74) is 3.61. The van der Waals surface area contributed by atoms with Crippen LogP contribution in [0.1, 0.15) is 35.6 Å². The third kappa shape index (κ3) is 5.64. The first-order valence-corrected chi connectivity index (χ1v) is 9.44. The van der Waals surface area contributed by atoms with E-state index in [1.165, 1.54) is 16.7 Å². The molecule has 0 aromatic heterocycles.